The van der Waals surface area contributed by atoms with Crippen LogP contribution >= 0.6 is 11.8 Å². The van der Waals surface area contributed by atoms with E-state index in [2.05, 4.69) is 20.8 Å². The molecule has 0 unspecified atom stereocenters. The first-order valence-corrected chi connectivity index (χ1v) is 12.8. The molecule has 4 bridgehead atoms. The highest BCUT2D eigenvalue weighted by molar-refractivity contribution is 7.99. The summed E-state index contributed by atoms with van der Waals surface area (Å²) in [5.74, 6) is 2.23. The van der Waals surface area contributed by atoms with Gasteiger partial charge >= 0.3 is 0 Å². The molecule has 0 radical (unpaired) electrons. The average molecular weight is 472 g/mol. The van der Waals surface area contributed by atoms with Gasteiger partial charge in [-0.15, -0.1) is 10.2 Å². The van der Waals surface area contributed by atoms with E-state index in [9.17, 15) is 14.0 Å². The molecule has 4 fully saturated rings. The molecule has 9 heteroatoms. The number of nitrogens with one attached hydrogen (secondary N) is 2. The fraction of sp³-hybridized carbons (Fsp3) is 0.583. The van der Waals surface area contributed by atoms with E-state index in [1.807, 2.05) is 11.5 Å². The Morgan fingerprint density at radius 1 is 1.12 bits per heavy atom. The quantitative estimate of drug-likeness (QED) is 0.575. The van der Waals surface area contributed by atoms with E-state index in [-0.39, 0.29) is 23.6 Å². The van der Waals surface area contributed by atoms with Gasteiger partial charge in [0.1, 0.15) is 5.82 Å². The standard InChI is InChI=1S/C24H30FN5O2S/c1-2-30-20(13-26-22(32)18-5-3-4-6-19(18)25)28-29-23(30)33-14-21(31)27-24-10-15-7-16(11-24)9-17(8-15)12-24/h3-6,15-17H,2,7-14H2,1H3,(H,26,32)(H,27,31). The van der Waals surface area contributed by atoms with E-state index in [1.165, 1.54) is 43.2 Å². The van der Waals surface area contributed by atoms with Crippen LogP contribution in [0.25, 0.3) is 0 Å². The molecule has 1 heterocycles. The largest absolute Gasteiger partial charge is 0.350 e. The molecule has 33 heavy (non-hydrogen) atoms. The lowest BCUT2D eigenvalue weighted by Crippen LogP contribution is -2.60. The Bertz CT molecular complexity index is 1020. The molecule has 2 N–H and O–H groups in total. The van der Waals surface area contributed by atoms with Crippen LogP contribution < -0.4 is 10.6 Å². The van der Waals surface area contributed by atoms with Crippen LogP contribution in [0.15, 0.2) is 29.4 Å². The maximum absolute atomic E-state index is 13.8. The number of thioether (sulfide) groups is 1. The first-order chi connectivity index (χ1) is 15.9. The van der Waals surface area contributed by atoms with Crippen molar-refractivity contribution in [2.45, 2.75) is 69.2 Å². The summed E-state index contributed by atoms with van der Waals surface area (Å²) in [7, 11) is 0. The summed E-state index contributed by atoms with van der Waals surface area (Å²) in [6.07, 6.45) is 7.43. The molecule has 0 saturated heterocycles. The van der Waals surface area contributed by atoms with Crippen molar-refractivity contribution in [1.82, 2.24) is 25.4 Å². The average Bonchev–Trinajstić information content (AvgIpc) is 3.17. The summed E-state index contributed by atoms with van der Waals surface area (Å²) in [4.78, 5) is 25.1. The molecular weight excluding hydrogens is 441 g/mol. The lowest BCUT2D eigenvalue weighted by atomic mass is 9.53. The summed E-state index contributed by atoms with van der Waals surface area (Å²) in [6, 6.07) is 5.87. The van der Waals surface area contributed by atoms with Gasteiger partial charge in [0.05, 0.1) is 17.9 Å². The maximum Gasteiger partial charge on any atom is 0.254 e. The highest BCUT2D eigenvalue weighted by Crippen LogP contribution is 2.55. The van der Waals surface area contributed by atoms with Crippen molar-refractivity contribution < 1.29 is 14.0 Å². The number of rotatable bonds is 8. The summed E-state index contributed by atoms with van der Waals surface area (Å²) in [5, 5.41) is 15.2. The Hall–Kier alpha value is -2.42. The van der Waals surface area contributed by atoms with E-state index in [4.69, 9.17) is 0 Å². The molecule has 2 aromatic rings. The van der Waals surface area contributed by atoms with E-state index < -0.39 is 11.7 Å². The van der Waals surface area contributed by atoms with Gasteiger partial charge in [0.2, 0.25) is 5.91 Å². The molecule has 2 amide bonds. The lowest BCUT2D eigenvalue weighted by Gasteiger charge is -2.56. The zero-order valence-corrected chi connectivity index (χ0v) is 19.7. The third kappa shape index (κ3) is 4.65. The van der Waals surface area contributed by atoms with Crippen molar-refractivity contribution in [3.63, 3.8) is 0 Å². The summed E-state index contributed by atoms with van der Waals surface area (Å²) < 4.78 is 15.7. The van der Waals surface area contributed by atoms with Crippen molar-refractivity contribution in [1.29, 1.82) is 0 Å². The smallest absolute Gasteiger partial charge is 0.254 e. The number of carbonyl (C=O) groups excluding carboxylic acids is 2. The van der Waals surface area contributed by atoms with Gasteiger partial charge in [-0.2, -0.15) is 0 Å². The van der Waals surface area contributed by atoms with Crippen LogP contribution in [0.5, 0.6) is 0 Å². The molecular formula is C24H30FN5O2S. The van der Waals surface area contributed by atoms with Crippen molar-refractivity contribution in [2.75, 3.05) is 5.75 Å². The Morgan fingerprint density at radius 3 is 2.42 bits per heavy atom. The van der Waals surface area contributed by atoms with E-state index in [1.54, 1.807) is 12.1 Å². The third-order valence-corrected chi connectivity index (χ3v) is 8.38. The number of amides is 2. The van der Waals surface area contributed by atoms with Crippen LogP contribution in [-0.4, -0.2) is 37.9 Å². The highest BCUT2D eigenvalue weighted by Gasteiger charge is 2.51. The van der Waals surface area contributed by atoms with E-state index in [0.29, 0.717) is 23.3 Å². The van der Waals surface area contributed by atoms with Crippen LogP contribution in [0, 0.1) is 23.6 Å². The minimum absolute atomic E-state index is 0.00369. The minimum Gasteiger partial charge on any atom is -0.350 e. The Labute approximate surface area is 197 Å². The molecule has 0 spiro atoms. The van der Waals surface area contributed by atoms with Gasteiger partial charge < -0.3 is 15.2 Å². The number of nitrogens with zero attached hydrogens (tertiary/aromatic N) is 3. The van der Waals surface area contributed by atoms with E-state index >= 15 is 0 Å². The van der Waals surface area contributed by atoms with Crippen molar-refractivity contribution in [2.24, 2.45) is 17.8 Å². The Morgan fingerprint density at radius 2 is 1.79 bits per heavy atom. The van der Waals surface area contributed by atoms with Crippen LogP contribution in [0.2, 0.25) is 0 Å². The van der Waals surface area contributed by atoms with Crippen LogP contribution in [0.4, 0.5) is 4.39 Å². The van der Waals surface area contributed by atoms with Gasteiger partial charge in [-0.25, -0.2) is 4.39 Å². The normalized spacial score (nSPS) is 27.5. The molecule has 4 saturated carbocycles. The number of aromatic nitrogens is 3. The lowest BCUT2D eigenvalue weighted by molar-refractivity contribution is -0.124. The fourth-order valence-electron chi connectivity index (χ4n) is 6.50. The number of halogens is 1. The molecule has 6 rings (SSSR count). The van der Waals surface area contributed by atoms with Gasteiger partial charge in [-0.1, -0.05) is 23.9 Å². The van der Waals surface area contributed by atoms with Gasteiger partial charge in [0.15, 0.2) is 11.0 Å². The number of benzene rings is 1. The fourth-order valence-corrected chi connectivity index (χ4v) is 7.32. The maximum atomic E-state index is 13.8. The van der Waals surface area contributed by atoms with Gasteiger partial charge in [-0.05, 0) is 75.3 Å². The second kappa shape index (κ2) is 9.08. The Balaban J connectivity index is 1.16. The SMILES string of the molecule is CCn1c(CNC(=O)c2ccccc2F)nnc1SCC(=O)NC12CC3CC(CC(C3)C1)C2. The molecule has 1 aromatic carbocycles. The molecule has 0 aliphatic heterocycles. The second-order valence-electron chi connectivity index (χ2n) is 9.84. The molecule has 4 aliphatic rings. The van der Waals surface area contributed by atoms with Crippen LogP contribution in [0.3, 0.4) is 0 Å². The van der Waals surface area contributed by atoms with Crippen molar-refractivity contribution >= 4 is 23.6 Å². The summed E-state index contributed by atoms with van der Waals surface area (Å²) >= 11 is 1.37. The molecule has 0 atom stereocenters. The van der Waals surface area contributed by atoms with Crippen LogP contribution in [-0.2, 0) is 17.9 Å². The highest BCUT2D eigenvalue weighted by atomic mass is 32.2. The Kier molecular flexibility index (Phi) is 6.16. The minimum atomic E-state index is -0.562. The molecule has 7 nitrogen and oxygen atoms in total. The van der Waals surface area contributed by atoms with E-state index in [0.717, 1.165) is 37.0 Å². The number of hydrogen-bond donors (Lipinski definition) is 2. The van der Waals surface area contributed by atoms with Gasteiger partial charge in [-0.3, -0.25) is 9.59 Å². The molecule has 4 aliphatic carbocycles. The number of hydrogen-bond acceptors (Lipinski definition) is 5. The number of carbonyl (C=O) groups is 2. The topological polar surface area (TPSA) is 88.9 Å². The third-order valence-electron chi connectivity index (χ3n) is 7.41. The monoisotopic (exact) mass is 471 g/mol. The molecule has 1 aromatic heterocycles. The zero-order chi connectivity index (χ0) is 23.0. The molecule has 176 valence electrons. The second-order valence-corrected chi connectivity index (χ2v) is 10.8. The summed E-state index contributed by atoms with van der Waals surface area (Å²) in [5.41, 5.74) is 0.00323. The first-order valence-electron chi connectivity index (χ1n) is 11.8. The van der Waals surface area contributed by atoms with Gasteiger partial charge in [0.25, 0.3) is 5.91 Å². The van der Waals surface area contributed by atoms with Gasteiger partial charge in [0, 0.05) is 12.1 Å². The van der Waals surface area contributed by atoms with Crippen LogP contribution in [0.1, 0.15) is 61.6 Å². The zero-order valence-electron chi connectivity index (χ0n) is 18.8. The van der Waals surface area contributed by atoms with Crippen molar-refractivity contribution in [3.8, 4) is 0 Å². The first kappa shape index (κ1) is 22.4. The summed E-state index contributed by atoms with van der Waals surface area (Å²) in [6.45, 7) is 2.70. The predicted octanol–water partition coefficient (Wildman–Crippen LogP) is 3.54. The van der Waals surface area contributed by atoms with Crippen molar-refractivity contribution in [3.05, 3.63) is 41.5 Å². The predicted molar refractivity (Wildman–Crippen MR) is 123 cm³/mol.